The van der Waals surface area contributed by atoms with Crippen LogP contribution in [0.25, 0.3) is 10.2 Å². The lowest BCUT2D eigenvalue weighted by molar-refractivity contribution is -0.146. The molecule has 0 aliphatic carbocycles. The van der Waals surface area contributed by atoms with Crippen LogP contribution in [0.15, 0.2) is 47.4 Å². The SMILES string of the molecule is COC(=O)C1CCN(C(=O)c2ccc3nc(NS(=O)(=O)c4ccc(Cl)cc4)sc3c2)CC1. The number of amides is 1. The van der Waals surface area contributed by atoms with Gasteiger partial charge in [0.2, 0.25) is 0 Å². The average Bonchev–Trinajstić information content (AvgIpc) is 3.19. The molecule has 1 amide bonds. The van der Waals surface area contributed by atoms with Crippen molar-refractivity contribution >= 4 is 60.2 Å². The van der Waals surface area contributed by atoms with Crippen molar-refractivity contribution in [3.8, 4) is 0 Å². The maximum absolute atomic E-state index is 12.9. The summed E-state index contributed by atoms with van der Waals surface area (Å²) in [7, 11) is -2.44. The largest absolute Gasteiger partial charge is 0.469 e. The highest BCUT2D eigenvalue weighted by atomic mass is 35.5. The van der Waals surface area contributed by atoms with Crippen molar-refractivity contribution in [2.24, 2.45) is 5.92 Å². The monoisotopic (exact) mass is 493 g/mol. The summed E-state index contributed by atoms with van der Waals surface area (Å²) in [5, 5.41) is 0.647. The highest BCUT2D eigenvalue weighted by molar-refractivity contribution is 7.93. The van der Waals surface area contributed by atoms with Gasteiger partial charge < -0.3 is 9.64 Å². The molecule has 1 aliphatic rings. The maximum atomic E-state index is 12.9. The molecule has 0 unspecified atom stereocenters. The number of nitrogens with one attached hydrogen (secondary N) is 1. The van der Waals surface area contributed by atoms with Gasteiger partial charge in [-0.2, -0.15) is 0 Å². The van der Waals surface area contributed by atoms with Crippen LogP contribution in [0.2, 0.25) is 5.02 Å². The topological polar surface area (TPSA) is 106 Å². The molecule has 1 fully saturated rings. The number of nitrogens with zero attached hydrogens (tertiary/aromatic N) is 2. The van der Waals surface area contributed by atoms with E-state index in [0.717, 1.165) is 11.3 Å². The molecule has 0 saturated carbocycles. The lowest BCUT2D eigenvalue weighted by Gasteiger charge is -2.30. The number of carbonyl (C=O) groups is 2. The van der Waals surface area contributed by atoms with Crippen molar-refractivity contribution in [1.29, 1.82) is 0 Å². The molecule has 1 aromatic heterocycles. The first-order chi connectivity index (χ1) is 15.3. The molecule has 2 heterocycles. The van der Waals surface area contributed by atoms with Crippen molar-refractivity contribution in [2.45, 2.75) is 17.7 Å². The van der Waals surface area contributed by atoms with Crippen molar-refractivity contribution < 1.29 is 22.7 Å². The van der Waals surface area contributed by atoms with Crippen molar-refractivity contribution in [1.82, 2.24) is 9.88 Å². The summed E-state index contributed by atoms with van der Waals surface area (Å²) in [4.78, 5) is 30.7. The van der Waals surface area contributed by atoms with Crippen molar-refractivity contribution in [2.75, 3.05) is 24.9 Å². The number of hydrogen-bond donors (Lipinski definition) is 1. The van der Waals surface area contributed by atoms with E-state index in [2.05, 4.69) is 9.71 Å². The predicted molar refractivity (Wildman–Crippen MR) is 123 cm³/mol. The van der Waals surface area contributed by atoms with Gasteiger partial charge in [0.25, 0.3) is 15.9 Å². The summed E-state index contributed by atoms with van der Waals surface area (Å²) < 4.78 is 33.1. The normalized spacial score (nSPS) is 15.0. The molecule has 168 valence electrons. The second-order valence-corrected chi connectivity index (χ2v) is 10.5. The van der Waals surface area contributed by atoms with Gasteiger partial charge in [-0.1, -0.05) is 22.9 Å². The number of carbonyl (C=O) groups excluding carboxylic acids is 2. The summed E-state index contributed by atoms with van der Waals surface area (Å²) in [6, 6.07) is 10.9. The van der Waals surface area contributed by atoms with Crippen LogP contribution in [0, 0.1) is 5.92 Å². The van der Waals surface area contributed by atoms with E-state index in [9.17, 15) is 18.0 Å². The quantitative estimate of drug-likeness (QED) is 0.542. The van der Waals surface area contributed by atoms with Crippen LogP contribution < -0.4 is 4.72 Å². The number of likely N-dealkylation sites (tertiary alicyclic amines) is 1. The fourth-order valence-electron chi connectivity index (χ4n) is 3.56. The number of fused-ring (bicyclic) bond motifs is 1. The maximum Gasteiger partial charge on any atom is 0.308 e. The number of halogens is 1. The minimum atomic E-state index is -3.81. The lowest BCUT2D eigenvalue weighted by Crippen LogP contribution is -2.40. The summed E-state index contributed by atoms with van der Waals surface area (Å²) in [5.74, 6) is -0.548. The number of ether oxygens (including phenoxy) is 1. The lowest BCUT2D eigenvalue weighted by atomic mass is 9.96. The number of hydrogen-bond acceptors (Lipinski definition) is 7. The molecule has 11 heteroatoms. The number of aromatic nitrogens is 1. The fourth-order valence-corrected chi connectivity index (χ4v) is 5.82. The number of thiazole rings is 1. The van der Waals surface area contributed by atoms with E-state index >= 15 is 0 Å². The Morgan fingerprint density at radius 3 is 2.50 bits per heavy atom. The van der Waals surface area contributed by atoms with Gasteiger partial charge in [0.15, 0.2) is 5.13 Å². The van der Waals surface area contributed by atoms with Gasteiger partial charge in [-0.25, -0.2) is 13.4 Å². The molecule has 1 N–H and O–H groups in total. The molecule has 8 nitrogen and oxygen atoms in total. The van der Waals surface area contributed by atoms with Gasteiger partial charge in [0, 0.05) is 23.7 Å². The summed E-state index contributed by atoms with van der Waals surface area (Å²) in [6.45, 7) is 0.955. The first-order valence-electron chi connectivity index (χ1n) is 9.83. The van der Waals surface area contributed by atoms with E-state index in [0.29, 0.717) is 46.7 Å². The second kappa shape index (κ2) is 9.05. The van der Waals surface area contributed by atoms with Gasteiger partial charge in [-0.05, 0) is 55.3 Å². The zero-order chi connectivity index (χ0) is 22.9. The third-order valence-electron chi connectivity index (χ3n) is 5.30. The number of rotatable bonds is 5. The summed E-state index contributed by atoms with van der Waals surface area (Å²) >= 11 is 6.97. The third-order valence-corrected chi connectivity index (χ3v) is 7.97. The first-order valence-corrected chi connectivity index (χ1v) is 12.5. The zero-order valence-electron chi connectivity index (χ0n) is 17.1. The zero-order valence-corrected chi connectivity index (χ0v) is 19.5. The van der Waals surface area contributed by atoms with Crippen LogP contribution in [-0.4, -0.2) is 50.4 Å². The first kappa shape index (κ1) is 22.5. The highest BCUT2D eigenvalue weighted by Gasteiger charge is 2.28. The number of sulfonamides is 1. The molecular weight excluding hydrogens is 474 g/mol. The highest BCUT2D eigenvalue weighted by Crippen LogP contribution is 2.30. The molecule has 1 aliphatic heterocycles. The molecule has 4 rings (SSSR count). The molecule has 0 spiro atoms. The van der Waals surface area contributed by atoms with Gasteiger partial charge in [0.1, 0.15) is 0 Å². The van der Waals surface area contributed by atoms with E-state index in [-0.39, 0.29) is 27.8 Å². The van der Waals surface area contributed by atoms with Gasteiger partial charge >= 0.3 is 5.97 Å². The number of esters is 1. The Morgan fingerprint density at radius 1 is 1.16 bits per heavy atom. The van der Waals surface area contributed by atoms with Crippen LogP contribution in [0.4, 0.5) is 5.13 Å². The molecule has 3 aromatic rings. The van der Waals surface area contributed by atoms with Crippen LogP contribution in [0.3, 0.4) is 0 Å². The molecule has 0 radical (unpaired) electrons. The van der Waals surface area contributed by atoms with E-state index in [1.165, 1.54) is 31.4 Å². The van der Waals surface area contributed by atoms with E-state index in [1.807, 2.05) is 0 Å². The molecule has 1 saturated heterocycles. The fraction of sp³-hybridized carbons (Fsp3) is 0.286. The Morgan fingerprint density at radius 2 is 1.84 bits per heavy atom. The number of benzene rings is 2. The molecular formula is C21H20ClN3O5S2. The van der Waals surface area contributed by atoms with Crippen LogP contribution in [0.5, 0.6) is 0 Å². The molecule has 2 aromatic carbocycles. The van der Waals surface area contributed by atoms with E-state index in [1.54, 1.807) is 23.1 Å². The van der Waals surface area contributed by atoms with Crippen LogP contribution in [0.1, 0.15) is 23.2 Å². The predicted octanol–water partition coefficient (Wildman–Crippen LogP) is 3.78. The Hall–Kier alpha value is -2.69. The Balaban J connectivity index is 1.49. The Bertz CT molecular complexity index is 1270. The van der Waals surface area contributed by atoms with Crippen molar-refractivity contribution in [3.05, 3.63) is 53.1 Å². The van der Waals surface area contributed by atoms with Gasteiger partial charge in [-0.3, -0.25) is 14.3 Å². The van der Waals surface area contributed by atoms with E-state index < -0.39 is 10.0 Å². The standard InChI is InChI=1S/C21H20ClN3O5S2/c1-30-20(27)13-8-10-25(11-9-13)19(26)14-2-7-17-18(12-14)31-21(23-17)24-32(28,29)16-5-3-15(22)4-6-16/h2-7,12-13H,8-11H2,1H3,(H,23,24). The van der Waals surface area contributed by atoms with Crippen LogP contribution in [-0.2, 0) is 19.6 Å². The number of piperidine rings is 1. The smallest absolute Gasteiger partial charge is 0.308 e. The molecule has 32 heavy (non-hydrogen) atoms. The number of anilines is 1. The van der Waals surface area contributed by atoms with E-state index in [4.69, 9.17) is 16.3 Å². The number of methoxy groups -OCH3 is 1. The van der Waals surface area contributed by atoms with Gasteiger partial charge in [-0.15, -0.1) is 0 Å². The van der Waals surface area contributed by atoms with Gasteiger partial charge in [0.05, 0.1) is 28.1 Å². The summed E-state index contributed by atoms with van der Waals surface area (Å²) in [6.07, 6.45) is 1.13. The van der Waals surface area contributed by atoms with Crippen molar-refractivity contribution in [3.63, 3.8) is 0 Å². The third kappa shape index (κ3) is 4.72. The van der Waals surface area contributed by atoms with Crippen LogP contribution >= 0.6 is 22.9 Å². The summed E-state index contributed by atoms with van der Waals surface area (Å²) in [5.41, 5.74) is 1.08. The minimum Gasteiger partial charge on any atom is -0.469 e. The average molecular weight is 494 g/mol. The molecule has 0 bridgehead atoms. The Labute approximate surface area is 194 Å². The second-order valence-electron chi connectivity index (χ2n) is 7.35. The minimum absolute atomic E-state index is 0.0763. The molecule has 0 atom stereocenters. The Kier molecular flexibility index (Phi) is 6.36.